The molecule has 2 rings (SSSR count). The van der Waals surface area contributed by atoms with Gasteiger partial charge < -0.3 is 19.5 Å². The molecule has 0 amide bonds. The van der Waals surface area contributed by atoms with E-state index in [1.54, 1.807) is 13.8 Å². The van der Waals surface area contributed by atoms with Crippen LogP contribution in [0.25, 0.3) is 0 Å². The summed E-state index contributed by atoms with van der Waals surface area (Å²) in [6.07, 6.45) is -0.222. The number of benzene rings is 1. The molecule has 1 aromatic rings. The highest BCUT2D eigenvalue weighted by atomic mass is 19.3. The monoisotopic (exact) mass is 287 g/mol. The van der Waals surface area contributed by atoms with Crippen LogP contribution in [0, 0.1) is 0 Å². The summed E-state index contributed by atoms with van der Waals surface area (Å²) in [6, 6.07) is 2.65. The minimum Gasteiger partial charge on any atom is -0.483 e. The van der Waals surface area contributed by atoms with E-state index in [-0.39, 0.29) is 29.8 Å². The van der Waals surface area contributed by atoms with Crippen LogP contribution in [0.15, 0.2) is 12.1 Å². The molecule has 110 valence electrons. The van der Waals surface area contributed by atoms with Gasteiger partial charge in [0.15, 0.2) is 11.5 Å². The topological polar surface area (TPSA) is 56.8 Å². The Morgan fingerprint density at radius 1 is 1.55 bits per heavy atom. The minimum absolute atomic E-state index is 0.106. The number of hydrogen-bond donors (Lipinski definition) is 1. The highest BCUT2D eigenvalue weighted by Crippen LogP contribution is 2.41. The van der Waals surface area contributed by atoms with Gasteiger partial charge in [0.2, 0.25) is 0 Å². The summed E-state index contributed by atoms with van der Waals surface area (Å²) >= 11 is 0. The fourth-order valence-corrected chi connectivity index (χ4v) is 1.91. The van der Waals surface area contributed by atoms with Crippen LogP contribution in [0.5, 0.6) is 11.5 Å². The number of ether oxygens (including phenoxy) is 3. The first-order valence-corrected chi connectivity index (χ1v) is 6.22. The van der Waals surface area contributed by atoms with Crippen LogP contribution in [-0.4, -0.2) is 31.8 Å². The SMILES string of the molecule is CCOC(=O)c1ccc(OC(F)F)c2c1NC[C@@H](C)O2. The van der Waals surface area contributed by atoms with E-state index in [2.05, 4.69) is 10.1 Å². The summed E-state index contributed by atoms with van der Waals surface area (Å²) in [7, 11) is 0. The van der Waals surface area contributed by atoms with Crippen LogP contribution in [0.4, 0.5) is 14.5 Å². The molecule has 7 heteroatoms. The van der Waals surface area contributed by atoms with Gasteiger partial charge in [-0.3, -0.25) is 0 Å². The maximum absolute atomic E-state index is 12.4. The summed E-state index contributed by atoms with van der Waals surface area (Å²) < 4.78 is 39.6. The van der Waals surface area contributed by atoms with Gasteiger partial charge in [0.05, 0.1) is 24.4 Å². The number of fused-ring (bicyclic) bond motifs is 1. The summed E-state index contributed by atoms with van der Waals surface area (Å²) in [6.45, 7) is 1.18. The molecule has 0 unspecified atom stereocenters. The molecular weight excluding hydrogens is 272 g/mol. The number of alkyl halides is 2. The van der Waals surface area contributed by atoms with Gasteiger partial charge in [-0.25, -0.2) is 4.79 Å². The Morgan fingerprint density at radius 3 is 2.95 bits per heavy atom. The maximum atomic E-state index is 12.4. The van der Waals surface area contributed by atoms with Crippen LogP contribution in [0.1, 0.15) is 24.2 Å². The highest BCUT2D eigenvalue weighted by molar-refractivity contribution is 5.98. The molecule has 1 N–H and O–H groups in total. The fraction of sp³-hybridized carbons (Fsp3) is 0.462. The summed E-state index contributed by atoms with van der Waals surface area (Å²) in [5, 5.41) is 2.98. The number of carbonyl (C=O) groups excluding carboxylic acids is 1. The van der Waals surface area contributed by atoms with Gasteiger partial charge >= 0.3 is 12.6 Å². The van der Waals surface area contributed by atoms with Gasteiger partial charge in [-0.1, -0.05) is 0 Å². The predicted molar refractivity (Wildman–Crippen MR) is 67.6 cm³/mol. The number of hydrogen-bond acceptors (Lipinski definition) is 5. The van der Waals surface area contributed by atoms with E-state index in [1.807, 2.05) is 0 Å². The van der Waals surface area contributed by atoms with Crippen molar-refractivity contribution in [3.8, 4) is 11.5 Å². The molecular formula is C13H15F2NO4. The van der Waals surface area contributed by atoms with Crippen LogP contribution >= 0.6 is 0 Å². The van der Waals surface area contributed by atoms with Crippen molar-refractivity contribution in [3.05, 3.63) is 17.7 Å². The average molecular weight is 287 g/mol. The Labute approximate surface area is 114 Å². The van der Waals surface area contributed by atoms with Crippen LogP contribution < -0.4 is 14.8 Å². The standard InChI is InChI=1S/C13H15F2NO4/c1-3-18-12(17)8-4-5-9(20-13(14)15)11-10(8)16-6-7(2)19-11/h4-5,7,13,16H,3,6H2,1-2H3/t7-/m1/s1. The third-order valence-corrected chi connectivity index (χ3v) is 2.72. The van der Waals surface area contributed by atoms with Gasteiger partial charge in [0.1, 0.15) is 6.10 Å². The molecule has 0 saturated heterocycles. The lowest BCUT2D eigenvalue weighted by Crippen LogP contribution is -2.29. The second kappa shape index (κ2) is 5.94. The Kier molecular flexibility index (Phi) is 4.26. The van der Waals surface area contributed by atoms with Crippen molar-refractivity contribution in [3.63, 3.8) is 0 Å². The molecule has 1 aliphatic rings. The molecule has 1 aromatic carbocycles. The van der Waals surface area contributed by atoms with E-state index in [0.717, 1.165) is 0 Å². The van der Waals surface area contributed by atoms with Crippen molar-refractivity contribution >= 4 is 11.7 Å². The zero-order valence-electron chi connectivity index (χ0n) is 11.1. The smallest absolute Gasteiger partial charge is 0.387 e. The molecule has 20 heavy (non-hydrogen) atoms. The van der Waals surface area contributed by atoms with Gasteiger partial charge in [-0.15, -0.1) is 0 Å². The molecule has 0 aliphatic carbocycles. The van der Waals surface area contributed by atoms with E-state index < -0.39 is 12.6 Å². The third kappa shape index (κ3) is 2.92. The van der Waals surface area contributed by atoms with E-state index in [4.69, 9.17) is 9.47 Å². The van der Waals surface area contributed by atoms with E-state index in [0.29, 0.717) is 12.2 Å². The van der Waals surface area contributed by atoms with Gasteiger partial charge in [-0.2, -0.15) is 8.78 Å². The largest absolute Gasteiger partial charge is 0.483 e. The number of esters is 1. The Bertz CT molecular complexity index is 507. The fourth-order valence-electron chi connectivity index (χ4n) is 1.91. The van der Waals surface area contributed by atoms with Crippen LogP contribution in [-0.2, 0) is 4.74 Å². The number of rotatable bonds is 4. The summed E-state index contributed by atoms with van der Waals surface area (Å²) in [5.74, 6) is -0.547. The highest BCUT2D eigenvalue weighted by Gasteiger charge is 2.27. The van der Waals surface area contributed by atoms with Gasteiger partial charge in [0, 0.05) is 0 Å². The van der Waals surface area contributed by atoms with Gasteiger partial charge in [0.25, 0.3) is 0 Å². The van der Waals surface area contributed by atoms with Crippen molar-refractivity contribution < 1.29 is 27.8 Å². The quantitative estimate of drug-likeness (QED) is 0.863. The maximum Gasteiger partial charge on any atom is 0.387 e. The molecule has 0 radical (unpaired) electrons. The predicted octanol–water partition coefficient (Wildman–Crippen LogP) is 2.66. The molecule has 1 atom stereocenters. The number of nitrogens with one attached hydrogen (secondary N) is 1. The first kappa shape index (κ1) is 14.4. The lowest BCUT2D eigenvalue weighted by atomic mass is 10.1. The number of halogens is 2. The lowest BCUT2D eigenvalue weighted by molar-refractivity contribution is -0.0519. The molecule has 5 nitrogen and oxygen atoms in total. The Morgan fingerprint density at radius 2 is 2.30 bits per heavy atom. The van der Waals surface area contributed by atoms with E-state index >= 15 is 0 Å². The normalized spacial score (nSPS) is 16.9. The van der Waals surface area contributed by atoms with Crippen molar-refractivity contribution in [1.82, 2.24) is 0 Å². The molecule has 0 aromatic heterocycles. The van der Waals surface area contributed by atoms with Crippen molar-refractivity contribution in [2.24, 2.45) is 0 Å². The molecule has 0 saturated carbocycles. The average Bonchev–Trinajstić information content (AvgIpc) is 2.39. The minimum atomic E-state index is -2.96. The van der Waals surface area contributed by atoms with E-state index in [9.17, 15) is 13.6 Å². The first-order valence-electron chi connectivity index (χ1n) is 6.22. The van der Waals surface area contributed by atoms with Crippen molar-refractivity contribution in [2.75, 3.05) is 18.5 Å². The molecule has 1 aliphatic heterocycles. The van der Waals surface area contributed by atoms with E-state index in [1.165, 1.54) is 12.1 Å². The van der Waals surface area contributed by atoms with Crippen molar-refractivity contribution in [1.29, 1.82) is 0 Å². The third-order valence-electron chi connectivity index (χ3n) is 2.72. The summed E-state index contributed by atoms with van der Waals surface area (Å²) in [4.78, 5) is 11.8. The molecule has 0 spiro atoms. The number of carbonyl (C=O) groups is 1. The Balaban J connectivity index is 2.42. The molecule has 0 fully saturated rings. The lowest BCUT2D eigenvalue weighted by Gasteiger charge is -2.27. The molecule has 1 heterocycles. The zero-order chi connectivity index (χ0) is 14.7. The second-order valence-electron chi connectivity index (χ2n) is 4.22. The van der Waals surface area contributed by atoms with Crippen LogP contribution in [0.2, 0.25) is 0 Å². The Hall–Kier alpha value is -2.05. The second-order valence-corrected chi connectivity index (χ2v) is 4.22. The molecule has 0 bridgehead atoms. The van der Waals surface area contributed by atoms with Crippen LogP contribution in [0.3, 0.4) is 0 Å². The zero-order valence-corrected chi connectivity index (χ0v) is 11.1. The first-order chi connectivity index (χ1) is 9.52. The number of anilines is 1. The van der Waals surface area contributed by atoms with Crippen molar-refractivity contribution in [2.45, 2.75) is 26.6 Å². The summed E-state index contributed by atoms with van der Waals surface area (Å²) in [5.41, 5.74) is 0.551. The van der Waals surface area contributed by atoms with Gasteiger partial charge in [-0.05, 0) is 26.0 Å².